The Morgan fingerprint density at radius 1 is 1.15 bits per heavy atom. The fraction of sp³-hybridized carbons (Fsp3) is 0.524. The Morgan fingerprint density at radius 3 is 2.52 bits per heavy atom. The van der Waals surface area contributed by atoms with E-state index in [-0.39, 0.29) is 12.0 Å². The number of carbonyl (C=O) groups excluding carboxylic acids is 1. The van der Waals surface area contributed by atoms with Crippen molar-refractivity contribution in [1.82, 2.24) is 19.6 Å². The van der Waals surface area contributed by atoms with Crippen LogP contribution in [0.15, 0.2) is 30.3 Å². The van der Waals surface area contributed by atoms with E-state index in [1.807, 2.05) is 53.8 Å². The molecule has 0 saturated carbocycles. The van der Waals surface area contributed by atoms with Gasteiger partial charge in [0.2, 0.25) is 0 Å². The van der Waals surface area contributed by atoms with E-state index >= 15 is 0 Å². The van der Waals surface area contributed by atoms with Crippen molar-refractivity contribution in [1.29, 1.82) is 0 Å². The maximum absolute atomic E-state index is 12.9. The zero-order chi connectivity index (χ0) is 19.4. The highest BCUT2D eigenvalue weighted by Crippen LogP contribution is 2.16. The van der Waals surface area contributed by atoms with Gasteiger partial charge in [0.15, 0.2) is 0 Å². The van der Waals surface area contributed by atoms with E-state index in [1.54, 1.807) is 0 Å². The number of hydrogen-bond acceptors (Lipinski definition) is 4. The number of benzene rings is 1. The zero-order valence-electron chi connectivity index (χ0n) is 16.8. The zero-order valence-corrected chi connectivity index (χ0v) is 16.8. The molecule has 146 valence electrons. The summed E-state index contributed by atoms with van der Waals surface area (Å²) in [7, 11) is 0. The molecule has 6 nitrogen and oxygen atoms in total. The summed E-state index contributed by atoms with van der Waals surface area (Å²) < 4.78 is 7.51. The molecule has 1 aromatic heterocycles. The quantitative estimate of drug-likeness (QED) is 0.784. The first-order chi connectivity index (χ1) is 12.9. The predicted molar refractivity (Wildman–Crippen MR) is 106 cm³/mol. The molecule has 0 unspecified atom stereocenters. The average Bonchev–Trinajstić information content (AvgIpc) is 3.00. The van der Waals surface area contributed by atoms with E-state index in [2.05, 4.69) is 23.8 Å². The van der Waals surface area contributed by atoms with Gasteiger partial charge in [-0.05, 0) is 52.0 Å². The van der Waals surface area contributed by atoms with Gasteiger partial charge in [-0.1, -0.05) is 6.07 Å². The molecule has 0 spiro atoms. The number of hydrogen-bond donors (Lipinski definition) is 0. The van der Waals surface area contributed by atoms with Crippen LogP contribution in [0.2, 0.25) is 0 Å². The number of nitrogens with zero attached hydrogens (tertiary/aromatic N) is 4. The summed E-state index contributed by atoms with van der Waals surface area (Å²) >= 11 is 0. The molecule has 6 heteroatoms. The molecule has 1 aliphatic heterocycles. The molecule has 0 atom stereocenters. The Labute approximate surface area is 161 Å². The third-order valence-corrected chi connectivity index (χ3v) is 4.87. The maximum atomic E-state index is 12.9. The first-order valence-corrected chi connectivity index (χ1v) is 9.71. The lowest BCUT2D eigenvalue weighted by molar-refractivity contribution is 0.0407. The van der Waals surface area contributed by atoms with Crippen LogP contribution in [0.5, 0.6) is 0 Å². The summed E-state index contributed by atoms with van der Waals surface area (Å²) in [6.07, 6.45) is 0.266. The van der Waals surface area contributed by atoms with Crippen LogP contribution < -0.4 is 0 Å². The molecular formula is C21H30N4O2. The van der Waals surface area contributed by atoms with Gasteiger partial charge in [-0.3, -0.25) is 9.69 Å². The van der Waals surface area contributed by atoms with Gasteiger partial charge in [-0.15, -0.1) is 0 Å². The second-order valence-electron chi connectivity index (χ2n) is 7.44. The fourth-order valence-corrected chi connectivity index (χ4v) is 3.44. The summed E-state index contributed by atoms with van der Waals surface area (Å²) in [6, 6.07) is 9.78. The Kier molecular flexibility index (Phi) is 6.29. The molecule has 1 aliphatic rings. The van der Waals surface area contributed by atoms with E-state index in [4.69, 9.17) is 4.74 Å². The molecule has 27 heavy (non-hydrogen) atoms. The monoisotopic (exact) mass is 370 g/mol. The normalized spacial score (nSPS) is 15.5. The Hall–Kier alpha value is -2.18. The third-order valence-electron chi connectivity index (χ3n) is 4.87. The highest BCUT2D eigenvalue weighted by molar-refractivity contribution is 5.94. The van der Waals surface area contributed by atoms with Gasteiger partial charge in [0, 0.05) is 44.0 Å². The number of aromatic nitrogens is 2. The van der Waals surface area contributed by atoms with Crippen LogP contribution in [-0.2, 0) is 4.74 Å². The molecule has 3 rings (SSSR count). The van der Waals surface area contributed by atoms with Gasteiger partial charge in [0.05, 0.1) is 24.1 Å². The number of ether oxygens (including phenoxy) is 1. The highest BCUT2D eigenvalue weighted by atomic mass is 16.5. The minimum atomic E-state index is 0.0939. The van der Waals surface area contributed by atoms with Crippen LogP contribution in [0.25, 0.3) is 5.69 Å². The second-order valence-corrected chi connectivity index (χ2v) is 7.44. The van der Waals surface area contributed by atoms with E-state index < -0.39 is 0 Å². The number of amides is 1. The van der Waals surface area contributed by atoms with Crippen LogP contribution in [-0.4, -0.2) is 70.9 Å². The van der Waals surface area contributed by atoms with Crippen molar-refractivity contribution >= 4 is 5.91 Å². The van der Waals surface area contributed by atoms with Crippen LogP contribution >= 0.6 is 0 Å². The number of rotatable bonds is 6. The molecule has 1 amide bonds. The molecule has 0 N–H and O–H groups in total. The Balaban J connectivity index is 1.60. The molecule has 0 radical (unpaired) electrons. The van der Waals surface area contributed by atoms with Gasteiger partial charge < -0.3 is 9.64 Å². The van der Waals surface area contributed by atoms with Crippen molar-refractivity contribution in [3.63, 3.8) is 0 Å². The minimum Gasteiger partial charge on any atom is -0.377 e. The molecule has 1 fully saturated rings. The van der Waals surface area contributed by atoms with E-state index in [9.17, 15) is 4.79 Å². The minimum absolute atomic E-state index is 0.0939. The number of piperazine rings is 1. The van der Waals surface area contributed by atoms with Gasteiger partial charge in [0.1, 0.15) is 0 Å². The first kappa shape index (κ1) is 19.6. The summed E-state index contributed by atoms with van der Waals surface area (Å²) in [5.74, 6) is 0.0939. The summed E-state index contributed by atoms with van der Waals surface area (Å²) in [6.45, 7) is 13.1. The molecule has 0 aliphatic carbocycles. The van der Waals surface area contributed by atoms with Crippen LogP contribution in [0.3, 0.4) is 0 Å². The van der Waals surface area contributed by atoms with Crippen molar-refractivity contribution in [3.8, 4) is 5.69 Å². The Morgan fingerprint density at radius 2 is 1.89 bits per heavy atom. The SMILES string of the molecule is Cc1cc(C)n(-c2cccc(C(=O)N3CCN(CCOC(C)C)CC3)c2)n1. The lowest BCUT2D eigenvalue weighted by Gasteiger charge is -2.34. The standard InChI is InChI=1S/C21H30N4O2/c1-16(2)27-13-12-23-8-10-24(11-9-23)21(26)19-6-5-7-20(15-19)25-18(4)14-17(3)22-25/h5-7,14-16H,8-13H2,1-4H3. The van der Waals surface area contributed by atoms with Crippen LogP contribution in [0.1, 0.15) is 35.6 Å². The van der Waals surface area contributed by atoms with Crippen molar-refractivity contribution in [2.75, 3.05) is 39.3 Å². The van der Waals surface area contributed by atoms with Crippen molar-refractivity contribution in [2.45, 2.75) is 33.8 Å². The summed E-state index contributed by atoms with van der Waals surface area (Å²) in [5.41, 5.74) is 3.68. The van der Waals surface area contributed by atoms with Gasteiger partial charge in [-0.2, -0.15) is 5.10 Å². The topological polar surface area (TPSA) is 50.6 Å². The summed E-state index contributed by atoms with van der Waals surface area (Å²) in [5, 5.41) is 4.52. The average molecular weight is 370 g/mol. The number of aryl methyl sites for hydroxylation is 2. The van der Waals surface area contributed by atoms with E-state index in [0.29, 0.717) is 0 Å². The predicted octanol–water partition coefficient (Wildman–Crippen LogP) is 2.67. The van der Waals surface area contributed by atoms with Crippen molar-refractivity contribution in [2.24, 2.45) is 0 Å². The van der Waals surface area contributed by atoms with E-state index in [1.165, 1.54) is 0 Å². The van der Waals surface area contributed by atoms with Gasteiger partial charge in [-0.25, -0.2) is 4.68 Å². The van der Waals surface area contributed by atoms with Crippen molar-refractivity contribution < 1.29 is 9.53 Å². The molecule has 0 bridgehead atoms. The second kappa shape index (κ2) is 8.67. The maximum Gasteiger partial charge on any atom is 0.254 e. The molecular weight excluding hydrogens is 340 g/mol. The van der Waals surface area contributed by atoms with Crippen molar-refractivity contribution in [3.05, 3.63) is 47.3 Å². The fourth-order valence-electron chi connectivity index (χ4n) is 3.44. The third kappa shape index (κ3) is 4.96. The first-order valence-electron chi connectivity index (χ1n) is 9.71. The smallest absolute Gasteiger partial charge is 0.254 e. The number of carbonyl (C=O) groups is 1. The molecule has 1 saturated heterocycles. The molecule has 1 aromatic carbocycles. The summed E-state index contributed by atoms with van der Waals surface area (Å²) in [4.78, 5) is 17.2. The van der Waals surface area contributed by atoms with E-state index in [0.717, 1.165) is 62.0 Å². The molecule has 2 aromatic rings. The Bertz CT molecular complexity index is 776. The van der Waals surface area contributed by atoms with Gasteiger partial charge >= 0.3 is 0 Å². The van der Waals surface area contributed by atoms with Crippen LogP contribution in [0.4, 0.5) is 0 Å². The largest absolute Gasteiger partial charge is 0.377 e. The lowest BCUT2D eigenvalue weighted by Crippen LogP contribution is -2.49. The lowest BCUT2D eigenvalue weighted by atomic mass is 10.1. The van der Waals surface area contributed by atoms with Gasteiger partial charge in [0.25, 0.3) is 5.91 Å². The highest BCUT2D eigenvalue weighted by Gasteiger charge is 2.22. The van der Waals surface area contributed by atoms with Crippen LogP contribution in [0, 0.1) is 13.8 Å². The molecule has 2 heterocycles.